The molecule has 1 heterocycles. The second-order valence-corrected chi connectivity index (χ2v) is 4.44. The minimum absolute atomic E-state index is 0.0168. The lowest BCUT2D eigenvalue weighted by atomic mass is 10.0. The summed E-state index contributed by atoms with van der Waals surface area (Å²) in [4.78, 5) is 11.8. The highest BCUT2D eigenvalue weighted by molar-refractivity contribution is 5.79. The van der Waals surface area contributed by atoms with Crippen LogP contribution in [0.25, 0.3) is 0 Å². The summed E-state index contributed by atoms with van der Waals surface area (Å²) in [5, 5.41) is 2.80. The van der Waals surface area contributed by atoms with Crippen LogP contribution in [0.3, 0.4) is 0 Å². The lowest BCUT2D eigenvalue weighted by Gasteiger charge is -2.20. The van der Waals surface area contributed by atoms with Gasteiger partial charge in [-0.1, -0.05) is 0 Å². The second-order valence-electron chi connectivity index (χ2n) is 4.44. The molecule has 104 valence electrons. The van der Waals surface area contributed by atoms with Gasteiger partial charge in [0.25, 0.3) is 0 Å². The molecule has 19 heavy (non-hydrogen) atoms. The van der Waals surface area contributed by atoms with Crippen LogP contribution in [0.4, 0.5) is 0 Å². The normalized spacial score (nSPS) is 13.2. The molecule has 1 aromatic carbocycles. The number of fused-ring (bicyclic) bond motifs is 1. The monoisotopic (exact) mass is 265 g/mol. The van der Waals surface area contributed by atoms with Crippen LogP contribution in [0.15, 0.2) is 12.1 Å². The van der Waals surface area contributed by atoms with E-state index in [0.29, 0.717) is 32.8 Å². The molecule has 1 N–H and O–H groups in total. The van der Waals surface area contributed by atoms with Gasteiger partial charge in [-0.15, -0.1) is 0 Å². The SMILES string of the molecule is COCCNC(=O)Cc1cc2c(cc1C)OCCO2. The van der Waals surface area contributed by atoms with Gasteiger partial charge in [-0.2, -0.15) is 0 Å². The number of benzene rings is 1. The van der Waals surface area contributed by atoms with E-state index < -0.39 is 0 Å². The number of hydrogen-bond donors (Lipinski definition) is 1. The topological polar surface area (TPSA) is 56.8 Å². The maximum Gasteiger partial charge on any atom is 0.224 e. The average Bonchev–Trinajstić information content (AvgIpc) is 2.40. The zero-order valence-electron chi connectivity index (χ0n) is 11.3. The second kappa shape index (κ2) is 6.43. The van der Waals surface area contributed by atoms with E-state index in [-0.39, 0.29) is 5.91 Å². The van der Waals surface area contributed by atoms with Crippen LogP contribution >= 0.6 is 0 Å². The highest BCUT2D eigenvalue weighted by Crippen LogP contribution is 2.33. The Labute approximate surface area is 112 Å². The molecule has 1 aliphatic heterocycles. The minimum Gasteiger partial charge on any atom is -0.486 e. The summed E-state index contributed by atoms with van der Waals surface area (Å²) in [6.07, 6.45) is 0.339. The molecule has 1 amide bonds. The van der Waals surface area contributed by atoms with Gasteiger partial charge in [0.2, 0.25) is 5.91 Å². The Morgan fingerprint density at radius 2 is 2.00 bits per heavy atom. The number of nitrogens with one attached hydrogen (secondary N) is 1. The number of aryl methyl sites for hydroxylation is 1. The van der Waals surface area contributed by atoms with Crippen molar-refractivity contribution in [2.24, 2.45) is 0 Å². The smallest absolute Gasteiger partial charge is 0.224 e. The number of hydrogen-bond acceptors (Lipinski definition) is 4. The van der Waals surface area contributed by atoms with Gasteiger partial charge in [0.1, 0.15) is 13.2 Å². The van der Waals surface area contributed by atoms with Crippen LogP contribution in [-0.4, -0.2) is 39.4 Å². The van der Waals surface area contributed by atoms with Gasteiger partial charge in [-0.25, -0.2) is 0 Å². The Bertz CT molecular complexity index is 459. The van der Waals surface area contributed by atoms with Crippen LogP contribution in [0.2, 0.25) is 0 Å². The van der Waals surface area contributed by atoms with Gasteiger partial charge < -0.3 is 19.5 Å². The molecule has 5 nitrogen and oxygen atoms in total. The van der Waals surface area contributed by atoms with Gasteiger partial charge in [0.05, 0.1) is 13.0 Å². The van der Waals surface area contributed by atoms with Crippen molar-refractivity contribution in [1.29, 1.82) is 0 Å². The largest absolute Gasteiger partial charge is 0.486 e. The maximum atomic E-state index is 11.8. The molecular formula is C14H19NO4. The van der Waals surface area contributed by atoms with Gasteiger partial charge >= 0.3 is 0 Å². The summed E-state index contributed by atoms with van der Waals surface area (Å²) in [7, 11) is 1.61. The predicted octanol–water partition coefficient (Wildman–Crippen LogP) is 1.07. The fourth-order valence-corrected chi connectivity index (χ4v) is 1.95. The molecule has 1 aliphatic rings. The first kappa shape index (κ1) is 13.7. The van der Waals surface area contributed by atoms with Crippen LogP contribution in [-0.2, 0) is 16.0 Å². The van der Waals surface area contributed by atoms with E-state index in [1.54, 1.807) is 7.11 Å². The molecule has 0 spiro atoms. The number of amides is 1. The van der Waals surface area contributed by atoms with Gasteiger partial charge in [0, 0.05) is 13.7 Å². The Morgan fingerprint density at radius 3 is 2.68 bits per heavy atom. The molecular weight excluding hydrogens is 246 g/mol. The third-order valence-corrected chi connectivity index (χ3v) is 2.98. The van der Waals surface area contributed by atoms with E-state index in [9.17, 15) is 4.79 Å². The van der Waals surface area contributed by atoms with E-state index >= 15 is 0 Å². The molecule has 0 unspecified atom stereocenters. The first-order valence-electron chi connectivity index (χ1n) is 6.35. The zero-order valence-corrected chi connectivity index (χ0v) is 11.3. The third kappa shape index (κ3) is 3.61. The summed E-state index contributed by atoms with van der Waals surface area (Å²) in [6, 6.07) is 3.81. The summed E-state index contributed by atoms with van der Waals surface area (Å²) >= 11 is 0. The van der Waals surface area contributed by atoms with Crippen LogP contribution in [0.1, 0.15) is 11.1 Å². The first-order chi connectivity index (χ1) is 9.20. The number of rotatable bonds is 5. The first-order valence-corrected chi connectivity index (χ1v) is 6.35. The lowest BCUT2D eigenvalue weighted by molar-refractivity contribution is -0.120. The minimum atomic E-state index is -0.0168. The standard InChI is InChI=1S/C14H19NO4/c1-10-7-12-13(19-6-5-18-12)8-11(10)9-14(16)15-3-4-17-2/h7-8H,3-6,9H2,1-2H3,(H,15,16). The number of methoxy groups -OCH3 is 1. The summed E-state index contributed by atoms with van der Waals surface area (Å²) in [5.41, 5.74) is 1.99. The fraction of sp³-hybridized carbons (Fsp3) is 0.500. The quantitative estimate of drug-likeness (QED) is 0.809. The van der Waals surface area contributed by atoms with Crippen molar-refractivity contribution in [3.05, 3.63) is 23.3 Å². The maximum absolute atomic E-state index is 11.8. The Hall–Kier alpha value is -1.75. The van der Waals surface area contributed by atoms with E-state index in [0.717, 1.165) is 22.6 Å². The van der Waals surface area contributed by atoms with Crippen LogP contribution in [0, 0.1) is 6.92 Å². The van der Waals surface area contributed by atoms with Crippen molar-refractivity contribution in [2.45, 2.75) is 13.3 Å². The number of ether oxygens (including phenoxy) is 3. The molecule has 0 aliphatic carbocycles. The predicted molar refractivity (Wildman–Crippen MR) is 70.8 cm³/mol. The van der Waals surface area contributed by atoms with Crippen LogP contribution in [0.5, 0.6) is 11.5 Å². The van der Waals surface area contributed by atoms with E-state index in [1.807, 2.05) is 19.1 Å². The molecule has 0 saturated carbocycles. The number of carbonyl (C=O) groups is 1. The molecule has 0 aromatic heterocycles. The lowest BCUT2D eigenvalue weighted by Crippen LogP contribution is -2.28. The van der Waals surface area contributed by atoms with Crippen molar-refractivity contribution in [1.82, 2.24) is 5.32 Å². The van der Waals surface area contributed by atoms with Crippen molar-refractivity contribution in [3.8, 4) is 11.5 Å². The average molecular weight is 265 g/mol. The summed E-state index contributed by atoms with van der Waals surface area (Å²) in [6.45, 7) is 4.14. The highest BCUT2D eigenvalue weighted by atomic mass is 16.6. The summed E-state index contributed by atoms with van der Waals surface area (Å²) < 4.78 is 15.9. The van der Waals surface area contributed by atoms with Crippen molar-refractivity contribution < 1.29 is 19.0 Å². The highest BCUT2D eigenvalue weighted by Gasteiger charge is 2.15. The third-order valence-electron chi connectivity index (χ3n) is 2.98. The van der Waals surface area contributed by atoms with E-state index in [1.165, 1.54) is 0 Å². The fourth-order valence-electron chi connectivity index (χ4n) is 1.95. The van der Waals surface area contributed by atoms with Crippen molar-refractivity contribution in [2.75, 3.05) is 33.5 Å². The van der Waals surface area contributed by atoms with Crippen LogP contribution < -0.4 is 14.8 Å². The summed E-state index contributed by atoms with van der Waals surface area (Å²) in [5.74, 6) is 1.46. The number of carbonyl (C=O) groups excluding carboxylic acids is 1. The van der Waals surface area contributed by atoms with Gasteiger partial charge in [-0.3, -0.25) is 4.79 Å². The van der Waals surface area contributed by atoms with Crippen molar-refractivity contribution in [3.63, 3.8) is 0 Å². The molecule has 1 aromatic rings. The molecule has 0 bridgehead atoms. The Balaban J connectivity index is 2.01. The van der Waals surface area contributed by atoms with E-state index in [4.69, 9.17) is 14.2 Å². The van der Waals surface area contributed by atoms with Gasteiger partial charge in [-0.05, 0) is 30.2 Å². The zero-order chi connectivity index (χ0) is 13.7. The van der Waals surface area contributed by atoms with Crippen molar-refractivity contribution >= 4 is 5.91 Å². The molecule has 0 fully saturated rings. The molecule has 5 heteroatoms. The molecule has 2 rings (SSSR count). The van der Waals surface area contributed by atoms with Gasteiger partial charge in [0.15, 0.2) is 11.5 Å². The molecule has 0 saturated heterocycles. The van der Waals surface area contributed by atoms with E-state index in [2.05, 4.69) is 5.32 Å². The molecule has 0 atom stereocenters. The Kier molecular flexibility index (Phi) is 4.63. The molecule has 0 radical (unpaired) electrons. The Morgan fingerprint density at radius 1 is 1.32 bits per heavy atom.